The van der Waals surface area contributed by atoms with Crippen molar-refractivity contribution in [1.82, 2.24) is 23.8 Å². The molecule has 6 unspecified atom stereocenters. The lowest BCUT2D eigenvalue weighted by molar-refractivity contribution is -0.909. The molecule has 14 nitrogen and oxygen atoms in total. The molecule has 0 bridgehead atoms. The first-order chi connectivity index (χ1) is 45.1. The van der Waals surface area contributed by atoms with Gasteiger partial charge in [-0.25, -0.2) is 0 Å². The molecule has 0 spiro atoms. The first-order valence-electron chi connectivity index (χ1n) is 39.3. The van der Waals surface area contributed by atoms with Crippen LogP contribution in [0.4, 0.5) is 0 Å². The van der Waals surface area contributed by atoms with Crippen LogP contribution in [0.1, 0.15) is 288 Å². The first kappa shape index (κ1) is 95.5. The molecule has 3 aliphatic heterocycles. The second-order valence-electron chi connectivity index (χ2n) is 34.6. The number of halogens is 1. The number of Topliss-reactive ketones (excluding diaryl/α,β-unsaturated/α-hetero) is 2. The smallest absolute Gasteiger partial charge is 0.192 e. The number of hydrogen-bond donors (Lipinski definition) is 5. The van der Waals surface area contributed by atoms with Crippen LogP contribution in [0.5, 0.6) is 0 Å². The highest BCUT2D eigenvalue weighted by Gasteiger charge is 2.41. The van der Waals surface area contributed by atoms with Crippen LogP contribution < -0.4 is 41.2 Å². The fourth-order valence-electron chi connectivity index (χ4n) is 15.4. The Bertz CT molecular complexity index is 1950. The third-order valence-corrected chi connectivity index (χ3v) is 35.9. The molecule has 10 rings (SSSR count). The summed E-state index contributed by atoms with van der Waals surface area (Å²) < 4.78 is 14.9. The number of ketones is 2. The Morgan fingerprint density at radius 3 is 1.12 bits per heavy atom. The van der Waals surface area contributed by atoms with Gasteiger partial charge in [0.05, 0.1) is 51.7 Å². The highest BCUT2D eigenvalue weighted by Crippen LogP contribution is 2.43. The van der Waals surface area contributed by atoms with E-state index in [0.29, 0.717) is 58.0 Å². The fraction of sp³-hybridized carbons (Fsp3) is 0.973. The number of rotatable bonds is 11. The molecule has 7 aliphatic carbocycles. The lowest BCUT2D eigenvalue weighted by Crippen LogP contribution is -3.00. The van der Waals surface area contributed by atoms with Crippen LogP contribution in [-0.2, 0) is 14.0 Å². The molecule has 97 heavy (non-hydrogen) atoms. The Morgan fingerprint density at radius 2 is 0.794 bits per heavy atom. The van der Waals surface area contributed by atoms with Crippen LogP contribution in [0, 0.1) is 23.7 Å². The van der Waals surface area contributed by atoms with Gasteiger partial charge in [0.15, 0.2) is 8.32 Å². The molecule has 10 fully saturated rings. The molecular weight excluding hydrogens is 1450 g/mol. The summed E-state index contributed by atoms with van der Waals surface area (Å²) in [5, 5.41) is 18.6. The molecule has 7 saturated carbocycles. The average molecular weight is 1610 g/mol. The summed E-state index contributed by atoms with van der Waals surface area (Å²) in [7, 11) is 18.3. The molecule has 0 aromatic heterocycles. The van der Waals surface area contributed by atoms with Crippen LogP contribution in [0.25, 0.3) is 0 Å². The second-order valence-corrected chi connectivity index (χ2v) is 44.6. The lowest BCUT2D eigenvalue weighted by Gasteiger charge is -2.48. The van der Waals surface area contributed by atoms with Gasteiger partial charge in [0.1, 0.15) is 11.6 Å². The normalized spacial score (nSPS) is 34.2. The minimum absolute atomic E-state index is 0. The van der Waals surface area contributed by atoms with Gasteiger partial charge in [0, 0.05) is 92.5 Å². The van der Waals surface area contributed by atoms with Crippen molar-refractivity contribution in [3.05, 3.63) is 0 Å². The van der Waals surface area contributed by atoms with Crippen molar-refractivity contribution < 1.29 is 52.7 Å². The van der Waals surface area contributed by atoms with E-state index < -0.39 is 8.32 Å². The van der Waals surface area contributed by atoms with E-state index in [-0.39, 0.29) is 36.2 Å². The van der Waals surface area contributed by atoms with E-state index in [2.05, 4.69) is 161 Å². The van der Waals surface area contributed by atoms with E-state index in [1.54, 1.807) is 0 Å². The van der Waals surface area contributed by atoms with Crippen LogP contribution in [0.15, 0.2) is 0 Å². The summed E-state index contributed by atoms with van der Waals surface area (Å²) in [6.45, 7) is 35.9. The molecule has 0 amide bonds. The number of aliphatic hydroxyl groups is 2. The number of likely N-dealkylation sites (tertiary alicyclic amines) is 3. The van der Waals surface area contributed by atoms with E-state index >= 15 is 0 Å². The largest absolute Gasteiger partial charge is 1.00 e. The maximum absolute atomic E-state index is 11.2. The van der Waals surface area contributed by atoms with E-state index in [0.717, 1.165) is 162 Å². The summed E-state index contributed by atoms with van der Waals surface area (Å²) in [6, 6.07) is 3.72. The van der Waals surface area contributed by atoms with Gasteiger partial charge in [-0.3, -0.25) is 33.4 Å². The number of piperidine rings is 3. The van der Waals surface area contributed by atoms with Gasteiger partial charge < -0.3 is 60.3 Å². The molecule has 10 aliphatic rings. The molecule has 8 N–H and O–H groups in total. The zero-order valence-electron chi connectivity index (χ0n) is 65.6. The topological polar surface area (TPSA) is 178 Å². The van der Waals surface area contributed by atoms with Gasteiger partial charge in [-0.2, -0.15) is 0 Å². The average Bonchev–Trinajstić information content (AvgIpc) is 0.856. The molecule has 22 heteroatoms. The first-order valence-corrected chi connectivity index (χ1v) is 50.5. The quantitative estimate of drug-likeness (QED) is 0.0572. The van der Waals surface area contributed by atoms with Gasteiger partial charge in [0.25, 0.3) is 0 Å². The monoisotopic (exact) mass is 1610 g/mol. The maximum atomic E-state index is 11.2. The Morgan fingerprint density at radius 1 is 0.505 bits per heavy atom. The van der Waals surface area contributed by atoms with E-state index in [1.807, 2.05) is 0 Å². The zero-order chi connectivity index (χ0) is 71.9. The summed E-state index contributed by atoms with van der Waals surface area (Å²) in [6.07, 6.45) is 41.1. The minimum Gasteiger partial charge on any atom is -1.00 e. The third kappa shape index (κ3) is 37.9. The summed E-state index contributed by atoms with van der Waals surface area (Å²) in [4.78, 5) is 27.4. The SMILES string of the molecule is CC1CCC(C)(N2CCC(=O)CC2)CC1.CC1CCC(C)(N2CCC(N)CC2)CC1.CC1CCC(N(C)PP)CC1.CC1CCC(N)CC1.CC[N+]1(C)CCC(=O)CC1.CN(PP)C1CCC(O)CC1.CN(PP)C1CCC(O[Si](C)(C)C(C)(C)C)CC1.NC1CCC(O)CC1.[I-]. The second kappa shape index (κ2) is 49.4. The number of aliphatic hydroxyl groups excluding tert-OH is 2. The molecule has 0 radical (unpaired) electrons. The number of nitrogens with two attached hydrogens (primary N) is 3. The fourth-order valence-corrected chi connectivity index (χ4v) is 20.1. The summed E-state index contributed by atoms with van der Waals surface area (Å²) in [5.74, 6) is 4.68. The highest BCUT2D eigenvalue weighted by molar-refractivity contribution is 8.02. The van der Waals surface area contributed by atoms with Crippen LogP contribution >= 0.6 is 52.0 Å². The predicted molar refractivity (Wildman–Crippen MR) is 437 cm³/mol. The van der Waals surface area contributed by atoms with Crippen molar-refractivity contribution >= 4 is 71.9 Å². The Kier molecular flexibility index (Phi) is 48.7. The van der Waals surface area contributed by atoms with Crippen LogP contribution in [0.2, 0.25) is 18.1 Å². The molecule has 3 saturated heterocycles. The third-order valence-electron chi connectivity index (χ3n) is 25.3. The van der Waals surface area contributed by atoms with Crippen molar-refractivity contribution in [3.63, 3.8) is 0 Å². The number of hydrogen-bond acceptors (Lipinski definition) is 13. The molecule has 576 valence electrons. The van der Waals surface area contributed by atoms with Gasteiger partial charge in [-0.05, 0) is 302 Å². The number of nitrogens with zero attached hydrogens (tertiary/aromatic N) is 6. The lowest BCUT2D eigenvalue weighted by atomic mass is 9.76. The van der Waals surface area contributed by atoms with E-state index in [9.17, 15) is 14.7 Å². The molecule has 0 aromatic carbocycles. The minimum atomic E-state index is -1.57. The van der Waals surface area contributed by atoms with Gasteiger partial charge in [-0.1, -0.05) is 75.3 Å². The van der Waals surface area contributed by atoms with E-state index in [1.165, 1.54) is 167 Å². The van der Waals surface area contributed by atoms with Crippen LogP contribution in [-0.4, -0.2) is 198 Å². The molecular formula is C75H160IN9O5P6Si. The molecule has 6 atom stereocenters. The molecule has 0 aromatic rings. The van der Waals surface area contributed by atoms with Crippen LogP contribution in [0.3, 0.4) is 0 Å². The van der Waals surface area contributed by atoms with Crippen molar-refractivity contribution in [3.8, 4) is 0 Å². The summed E-state index contributed by atoms with van der Waals surface area (Å²) in [5.41, 5.74) is 18.1. The van der Waals surface area contributed by atoms with Gasteiger partial charge in [-0.15, -0.1) is 0 Å². The van der Waals surface area contributed by atoms with Gasteiger partial charge >= 0.3 is 0 Å². The van der Waals surface area contributed by atoms with Crippen molar-refractivity contribution in [2.24, 2.45) is 40.9 Å². The standard InChI is InChI=1S/C13H26N2.C13H31NOP2Si.C13H23NO.C8H16NO.C8H19NP2.C7H17NOP2.C7H15N.C6H13NO.HI/c1-11-3-7-13(2,8-4-11)15-9-5-12(14)6-10-15;1-13(2,3)18(5,6)15-12-9-7-11(8-10-12)14(4)17-16;1-11-3-7-13(2,8-4-11)14-9-5-12(15)6-10-14;1-3-9(2)6-4-8(10)5-7-9;1-7-3-5-8(6-4-7)9(2)11-10;1-8(11-10)6-2-4-7(9)5-3-6;1-6-2-4-7(8)5-3-6;7-5-1-3-6(8)4-2-5;/h11-12H,3-10,14H2,1-2H3;11-12,17H,7-10,16H2,1-6H3;11H,3-10H2,1-2H3;3-7H2,1-2H3;7-8,11H,3-6,10H2,1-2H3;6-7,9,11H,2-5,10H2,1H3;6-7H,2-5,8H2,1H3;5-6,8H,1-4,7H2;1H/q;;;+1;;;;;/p-1. The molecule has 3 heterocycles. The highest BCUT2D eigenvalue weighted by atomic mass is 127. The Hall–Kier alpha value is 2.39. The predicted octanol–water partition coefficient (Wildman–Crippen LogP) is 13.7. The number of carbonyl (C=O) groups is 2. The van der Waals surface area contributed by atoms with Crippen molar-refractivity contribution in [2.75, 3.05) is 74.0 Å². The number of quaternary nitrogens is 1. The maximum Gasteiger partial charge on any atom is 0.192 e. The van der Waals surface area contributed by atoms with Crippen molar-refractivity contribution in [2.45, 2.75) is 371 Å². The van der Waals surface area contributed by atoms with Crippen molar-refractivity contribution in [1.29, 1.82) is 0 Å². The zero-order valence-corrected chi connectivity index (χ0v) is 75.3. The van der Waals surface area contributed by atoms with E-state index in [4.69, 9.17) is 26.7 Å². The Labute approximate surface area is 630 Å². The summed E-state index contributed by atoms with van der Waals surface area (Å²) >= 11 is 0. The number of carbonyl (C=O) groups excluding carboxylic acids is 2. The van der Waals surface area contributed by atoms with Gasteiger partial charge in [0.2, 0.25) is 0 Å². The Balaban J connectivity index is 0.000000382.